The maximum Gasteiger partial charge on any atom is 0.0208 e. The number of nitrogens with one attached hydrogen (secondary N) is 1. The van der Waals surface area contributed by atoms with Gasteiger partial charge in [-0.15, -0.1) is 0 Å². The molecule has 2 heteroatoms. The third-order valence-corrected chi connectivity index (χ3v) is 6.16. The molecule has 2 saturated carbocycles. The molecule has 2 aliphatic carbocycles. The first-order valence-corrected chi connectivity index (χ1v) is 8.19. The molecule has 0 amide bonds. The molecule has 0 spiro atoms. The summed E-state index contributed by atoms with van der Waals surface area (Å²) in [6.07, 6.45) is 4.24. The molecule has 3 unspecified atom stereocenters. The van der Waals surface area contributed by atoms with Gasteiger partial charge in [-0.1, -0.05) is 48.8 Å². The molecule has 3 rings (SSSR count). The molecule has 0 aliphatic heterocycles. The molecule has 2 bridgehead atoms. The Balaban J connectivity index is 1.73. The average Bonchev–Trinajstić information content (AvgIpc) is 2.80. The molecule has 1 nitrogen and oxygen atoms in total. The van der Waals surface area contributed by atoms with Crippen molar-refractivity contribution in [1.82, 2.24) is 5.32 Å². The van der Waals surface area contributed by atoms with Gasteiger partial charge in [-0.3, -0.25) is 0 Å². The summed E-state index contributed by atoms with van der Waals surface area (Å²) in [5.74, 6) is 0.914. The fraction of sp³-hybridized carbons (Fsp3) is 0.647. The summed E-state index contributed by atoms with van der Waals surface area (Å²) >= 11 is 3.55. The van der Waals surface area contributed by atoms with E-state index in [0.29, 0.717) is 16.9 Å². The molecule has 0 heterocycles. The van der Waals surface area contributed by atoms with E-state index >= 15 is 0 Å². The van der Waals surface area contributed by atoms with Gasteiger partial charge in [0.25, 0.3) is 0 Å². The maximum absolute atomic E-state index is 3.87. The van der Waals surface area contributed by atoms with Gasteiger partial charge in [-0.2, -0.15) is 0 Å². The molecule has 104 valence electrons. The van der Waals surface area contributed by atoms with Crippen LogP contribution in [0.2, 0.25) is 0 Å². The number of hydrogen-bond donors (Lipinski definition) is 1. The van der Waals surface area contributed by atoms with Gasteiger partial charge in [0.05, 0.1) is 0 Å². The third kappa shape index (κ3) is 2.27. The first kappa shape index (κ1) is 13.6. The van der Waals surface area contributed by atoms with E-state index in [1.54, 1.807) is 0 Å². The van der Waals surface area contributed by atoms with Gasteiger partial charge in [0.1, 0.15) is 0 Å². The average molecular weight is 322 g/mol. The predicted molar refractivity (Wildman–Crippen MR) is 84.0 cm³/mol. The molecule has 0 saturated heterocycles. The van der Waals surface area contributed by atoms with Crippen LogP contribution in [0, 0.1) is 16.7 Å². The summed E-state index contributed by atoms with van der Waals surface area (Å²) in [5.41, 5.74) is 2.33. The maximum atomic E-state index is 3.87. The highest BCUT2D eigenvalue weighted by molar-refractivity contribution is 9.10. The summed E-state index contributed by atoms with van der Waals surface area (Å²) in [7, 11) is 0. The lowest BCUT2D eigenvalue weighted by Gasteiger charge is -2.43. The van der Waals surface area contributed by atoms with E-state index in [0.717, 1.165) is 12.5 Å². The highest BCUT2D eigenvalue weighted by Crippen LogP contribution is 2.62. The van der Waals surface area contributed by atoms with Crippen molar-refractivity contribution in [3.63, 3.8) is 0 Å². The summed E-state index contributed by atoms with van der Waals surface area (Å²) in [6.45, 7) is 8.39. The second kappa shape index (κ2) is 4.60. The third-order valence-electron chi connectivity index (χ3n) is 5.67. The number of fused-ring (bicyclic) bond motifs is 2. The van der Waals surface area contributed by atoms with E-state index in [9.17, 15) is 0 Å². The number of halogens is 1. The zero-order valence-electron chi connectivity index (χ0n) is 12.2. The van der Waals surface area contributed by atoms with Gasteiger partial charge >= 0.3 is 0 Å². The number of benzene rings is 1. The zero-order chi connectivity index (χ0) is 13.7. The Morgan fingerprint density at radius 2 is 2.11 bits per heavy atom. The summed E-state index contributed by atoms with van der Waals surface area (Å²) in [6, 6.07) is 9.29. The second-order valence-electron chi connectivity index (χ2n) is 7.36. The Kier molecular flexibility index (Phi) is 3.30. The van der Waals surface area contributed by atoms with E-state index in [-0.39, 0.29) is 0 Å². The van der Waals surface area contributed by atoms with Crippen molar-refractivity contribution < 1.29 is 0 Å². The molecular weight excluding hydrogens is 298 g/mol. The Morgan fingerprint density at radius 1 is 1.32 bits per heavy atom. The van der Waals surface area contributed by atoms with Crippen LogP contribution in [-0.4, -0.2) is 6.04 Å². The van der Waals surface area contributed by atoms with Crippen molar-refractivity contribution in [3.8, 4) is 0 Å². The van der Waals surface area contributed by atoms with Gasteiger partial charge < -0.3 is 5.32 Å². The normalized spacial score (nSPS) is 35.8. The molecule has 2 fully saturated rings. The predicted octanol–water partition coefficient (Wildman–Crippen LogP) is 4.75. The van der Waals surface area contributed by atoms with Crippen LogP contribution in [0.25, 0.3) is 0 Å². The first-order valence-electron chi connectivity index (χ1n) is 7.40. The minimum absolute atomic E-state index is 0.443. The van der Waals surface area contributed by atoms with Gasteiger partial charge in [0, 0.05) is 17.1 Å². The van der Waals surface area contributed by atoms with Crippen molar-refractivity contribution in [2.45, 2.75) is 52.6 Å². The highest BCUT2D eigenvalue weighted by atomic mass is 79.9. The Bertz CT molecular complexity index is 477. The van der Waals surface area contributed by atoms with Crippen LogP contribution < -0.4 is 5.32 Å². The summed E-state index contributed by atoms with van der Waals surface area (Å²) in [5, 5.41) is 3.87. The molecule has 0 aromatic heterocycles. The van der Waals surface area contributed by atoms with Crippen LogP contribution in [0.4, 0.5) is 0 Å². The van der Waals surface area contributed by atoms with E-state index < -0.39 is 0 Å². The lowest BCUT2D eigenvalue weighted by atomic mass is 9.68. The number of hydrogen-bond acceptors (Lipinski definition) is 1. The molecule has 1 N–H and O–H groups in total. The van der Waals surface area contributed by atoms with Crippen LogP contribution >= 0.6 is 15.9 Å². The Labute approximate surface area is 125 Å². The zero-order valence-corrected chi connectivity index (χ0v) is 13.8. The fourth-order valence-corrected chi connectivity index (χ4v) is 5.12. The summed E-state index contributed by atoms with van der Waals surface area (Å²) in [4.78, 5) is 0. The summed E-state index contributed by atoms with van der Waals surface area (Å²) < 4.78 is 1.17. The van der Waals surface area contributed by atoms with Crippen LogP contribution in [0.5, 0.6) is 0 Å². The van der Waals surface area contributed by atoms with Crippen LogP contribution in [-0.2, 0) is 6.54 Å². The lowest BCUT2D eigenvalue weighted by Crippen LogP contribution is -2.49. The smallest absolute Gasteiger partial charge is 0.0208 e. The minimum atomic E-state index is 0.443. The molecule has 2 aliphatic rings. The van der Waals surface area contributed by atoms with Crippen molar-refractivity contribution in [2.24, 2.45) is 16.7 Å². The Morgan fingerprint density at radius 3 is 2.74 bits per heavy atom. The number of rotatable bonds is 3. The van der Waals surface area contributed by atoms with Crippen molar-refractivity contribution in [1.29, 1.82) is 0 Å². The van der Waals surface area contributed by atoms with E-state index in [2.05, 4.69) is 66.3 Å². The molecule has 19 heavy (non-hydrogen) atoms. The molecule has 3 atom stereocenters. The second-order valence-corrected chi connectivity index (χ2v) is 8.27. The Hall–Kier alpha value is -0.340. The molecular formula is C17H24BrN. The first-order chi connectivity index (χ1) is 8.92. The van der Waals surface area contributed by atoms with Gasteiger partial charge in [-0.25, -0.2) is 0 Å². The highest BCUT2D eigenvalue weighted by Gasteiger charge is 2.58. The van der Waals surface area contributed by atoms with E-state index in [1.807, 2.05) is 0 Å². The molecule has 1 aromatic rings. The van der Waals surface area contributed by atoms with Crippen LogP contribution in [0.1, 0.15) is 45.6 Å². The van der Waals surface area contributed by atoms with Crippen molar-refractivity contribution >= 4 is 15.9 Å². The fourth-order valence-electron chi connectivity index (χ4n) is 4.68. The van der Waals surface area contributed by atoms with Gasteiger partial charge in [-0.05, 0) is 53.7 Å². The quantitative estimate of drug-likeness (QED) is 0.846. The monoisotopic (exact) mass is 321 g/mol. The standard InChI is InChI=1S/C17H24BrN/c1-16(2)13-7-8-17(3,10-13)15(16)19-11-12-5-4-6-14(18)9-12/h4-6,9,13,15,19H,7-8,10-11H2,1-3H3. The van der Waals surface area contributed by atoms with Gasteiger partial charge in [0.15, 0.2) is 0 Å². The lowest BCUT2D eigenvalue weighted by molar-refractivity contribution is 0.108. The largest absolute Gasteiger partial charge is 0.309 e. The van der Waals surface area contributed by atoms with Crippen molar-refractivity contribution in [2.75, 3.05) is 0 Å². The van der Waals surface area contributed by atoms with E-state index in [1.165, 1.54) is 29.3 Å². The molecule has 0 radical (unpaired) electrons. The topological polar surface area (TPSA) is 12.0 Å². The van der Waals surface area contributed by atoms with Crippen molar-refractivity contribution in [3.05, 3.63) is 34.3 Å². The van der Waals surface area contributed by atoms with Gasteiger partial charge in [0.2, 0.25) is 0 Å². The minimum Gasteiger partial charge on any atom is -0.309 e. The van der Waals surface area contributed by atoms with E-state index in [4.69, 9.17) is 0 Å². The molecule has 1 aromatic carbocycles. The van der Waals surface area contributed by atoms with Crippen LogP contribution in [0.3, 0.4) is 0 Å². The SMILES string of the molecule is CC12CCC(C1)C(C)(C)C2NCc1cccc(Br)c1. The van der Waals surface area contributed by atoms with Crippen LogP contribution in [0.15, 0.2) is 28.7 Å².